The Bertz CT molecular complexity index is 847. The third-order valence-electron chi connectivity index (χ3n) is 4.62. The number of hydrogen-bond acceptors (Lipinski definition) is 3. The van der Waals surface area contributed by atoms with Crippen LogP contribution in [0.5, 0.6) is 11.5 Å². The number of hydrogen-bond donors (Lipinski definition) is 0. The lowest BCUT2D eigenvalue weighted by Gasteiger charge is -2.25. The van der Waals surface area contributed by atoms with Crippen LogP contribution in [0.4, 0.5) is 13.2 Å². The first-order valence-corrected chi connectivity index (χ1v) is 9.12. The van der Waals surface area contributed by atoms with Crippen molar-refractivity contribution in [1.29, 1.82) is 0 Å². The molecule has 0 N–H and O–H groups in total. The van der Waals surface area contributed by atoms with Crippen LogP contribution in [0, 0.1) is 0 Å². The van der Waals surface area contributed by atoms with Gasteiger partial charge in [-0.15, -0.1) is 0 Å². The Morgan fingerprint density at radius 3 is 2.46 bits per heavy atom. The zero-order valence-electron chi connectivity index (χ0n) is 15.8. The van der Waals surface area contributed by atoms with Crippen LogP contribution in [0.3, 0.4) is 0 Å². The fraction of sp³-hybridized carbons (Fsp3) is 0.381. The first kappa shape index (κ1) is 20.0. The Morgan fingerprint density at radius 2 is 1.86 bits per heavy atom. The van der Waals surface area contributed by atoms with Crippen molar-refractivity contribution >= 4 is 5.91 Å². The summed E-state index contributed by atoms with van der Waals surface area (Å²) in [6, 6.07) is 10.2. The fourth-order valence-corrected chi connectivity index (χ4v) is 3.11. The molecule has 4 nitrogen and oxygen atoms in total. The maximum Gasteiger partial charge on any atom is 0.416 e. The highest BCUT2D eigenvalue weighted by Crippen LogP contribution is 2.36. The second kappa shape index (κ2) is 8.12. The smallest absolute Gasteiger partial charge is 0.416 e. The quantitative estimate of drug-likeness (QED) is 0.670. The van der Waals surface area contributed by atoms with Gasteiger partial charge in [0.25, 0.3) is 5.91 Å². The number of ether oxygens (including phenoxy) is 2. The Hall–Kier alpha value is -2.70. The molecule has 0 atom stereocenters. The molecule has 0 radical (unpaired) electrons. The van der Waals surface area contributed by atoms with Crippen molar-refractivity contribution in [2.24, 2.45) is 0 Å². The number of carbonyl (C=O) groups is 1. The highest BCUT2D eigenvalue weighted by Gasteiger charge is 2.37. The highest BCUT2D eigenvalue weighted by molar-refractivity contribution is 5.95. The normalized spacial score (nSPS) is 13.9. The minimum atomic E-state index is -4.46. The fourth-order valence-electron chi connectivity index (χ4n) is 3.11. The summed E-state index contributed by atoms with van der Waals surface area (Å²) in [5, 5.41) is 0. The predicted octanol–water partition coefficient (Wildman–Crippen LogP) is 4.92. The molecule has 1 amide bonds. The maximum atomic E-state index is 13.3. The van der Waals surface area contributed by atoms with E-state index in [1.54, 1.807) is 24.3 Å². The van der Waals surface area contributed by atoms with E-state index in [2.05, 4.69) is 0 Å². The Balaban J connectivity index is 1.89. The number of rotatable bonds is 7. The molecule has 2 aromatic carbocycles. The minimum Gasteiger partial charge on any atom is -0.493 e. The van der Waals surface area contributed by atoms with Gasteiger partial charge in [0.05, 0.1) is 19.3 Å². The maximum absolute atomic E-state index is 13.3. The van der Waals surface area contributed by atoms with Gasteiger partial charge in [-0.3, -0.25) is 4.79 Å². The van der Waals surface area contributed by atoms with Crippen molar-refractivity contribution < 1.29 is 27.4 Å². The van der Waals surface area contributed by atoms with Gasteiger partial charge in [-0.05, 0) is 49.6 Å². The number of halogens is 3. The number of methoxy groups -OCH3 is 1. The second-order valence-corrected chi connectivity index (χ2v) is 6.62. The van der Waals surface area contributed by atoms with Crippen molar-refractivity contribution in [2.75, 3.05) is 13.7 Å². The molecule has 1 aliphatic rings. The molecule has 28 heavy (non-hydrogen) atoms. The van der Waals surface area contributed by atoms with E-state index in [0.717, 1.165) is 18.9 Å². The van der Waals surface area contributed by atoms with Gasteiger partial charge >= 0.3 is 6.18 Å². The second-order valence-electron chi connectivity index (χ2n) is 6.62. The number of amides is 1. The van der Waals surface area contributed by atoms with Crippen molar-refractivity contribution in [3.63, 3.8) is 0 Å². The zero-order valence-corrected chi connectivity index (χ0v) is 15.8. The van der Waals surface area contributed by atoms with Crippen LogP contribution in [0.1, 0.15) is 41.3 Å². The first-order chi connectivity index (χ1) is 13.3. The van der Waals surface area contributed by atoms with Crippen LogP contribution >= 0.6 is 0 Å². The molecular weight excluding hydrogens is 371 g/mol. The van der Waals surface area contributed by atoms with E-state index in [9.17, 15) is 18.0 Å². The van der Waals surface area contributed by atoms with E-state index in [1.165, 1.54) is 24.1 Å². The lowest BCUT2D eigenvalue weighted by atomic mass is 10.1. The summed E-state index contributed by atoms with van der Waals surface area (Å²) in [5.74, 6) is 0.613. The lowest BCUT2D eigenvalue weighted by Crippen LogP contribution is -2.33. The van der Waals surface area contributed by atoms with Gasteiger partial charge in [-0.2, -0.15) is 13.2 Å². The SMILES string of the molecule is CCOc1ccc(C(=O)N(Cc2ccccc2C(F)(F)F)C2CC2)cc1OC. The summed E-state index contributed by atoms with van der Waals surface area (Å²) in [4.78, 5) is 14.6. The summed E-state index contributed by atoms with van der Waals surface area (Å²) in [7, 11) is 1.48. The Morgan fingerprint density at radius 1 is 1.14 bits per heavy atom. The summed E-state index contributed by atoms with van der Waals surface area (Å²) >= 11 is 0. The molecule has 150 valence electrons. The van der Waals surface area contributed by atoms with E-state index < -0.39 is 11.7 Å². The van der Waals surface area contributed by atoms with E-state index >= 15 is 0 Å². The standard InChI is InChI=1S/C21H22F3NO3/c1-3-28-18-11-8-14(12-19(18)27-2)20(26)25(16-9-10-16)13-15-6-4-5-7-17(15)21(22,23)24/h4-8,11-12,16H,3,9-10,13H2,1-2H3. The average Bonchev–Trinajstić information content (AvgIpc) is 3.50. The third-order valence-corrected chi connectivity index (χ3v) is 4.62. The molecule has 7 heteroatoms. The average molecular weight is 393 g/mol. The topological polar surface area (TPSA) is 38.8 Å². The molecule has 0 spiro atoms. The molecule has 0 aliphatic heterocycles. The molecule has 2 aromatic rings. The molecule has 3 rings (SSSR count). The van der Waals surface area contributed by atoms with Crippen molar-refractivity contribution in [2.45, 2.75) is 38.5 Å². The molecule has 0 saturated heterocycles. The van der Waals surface area contributed by atoms with Crippen molar-refractivity contribution in [3.8, 4) is 11.5 Å². The zero-order chi connectivity index (χ0) is 20.3. The van der Waals surface area contributed by atoms with E-state index in [-0.39, 0.29) is 24.1 Å². The van der Waals surface area contributed by atoms with Gasteiger partial charge < -0.3 is 14.4 Å². The molecule has 1 aliphatic carbocycles. The van der Waals surface area contributed by atoms with Crippen LogP contribution < -0.4 is 9.47 Å². The van der Waals surface area contributed by atoms with Crippen molar-refractivity contribution in [1.82, 2.24) is 4.90 Å². The third kappa shape index (κ3) is 4.40. The highest BCUT2D eigenvalue weighted by atomic mass is 19.4. The minimum absolute atomic E-state index is 0.0497. The van der Waals surface area contributed by atoms with Crippen molar-refractivity contribution in [3.05, 3.63) is 59.2 Å². The molecule has 1 saturated carbocycles. The Labute approximate surface area is 161 Å². The van der Waals surface area contributed by atoms with E-state index in [4.69, 9.17) is 9.47 Å². The summed E-state index contributed by atoms with van der Waals surface area (Å²) in [6.07, 6.45) is -2.89. The van der Waals surface area contributed by atoms with E-state index in [1.807, 2.05) is 6.92 Å². The molecule has 0 unspecified atom stereocenters. The van der Waals surface area contributed by atoms with Gasteiger partial charge in [0, 0.05) is 18.2 Å². The van der Waals surface area contributed by atoms with Gasteiger partial charge in [-0.25, -0.2) is 0 Å². The van der Waals surface area contributed by atoms with Crippen LogP contribution in [-0.4, -0.2) is 30.6 Å². The summed E-state index contributed by atoms with van der Waals surface area (Å²) in [6.45, 7) is 2.20. The van der Waals surface area contributed by atoms with Gasteiger partial charge in [0.1, 0.15) is 0 Å². The molecule has 0 aromatic heterocycles. The molecule has 0 bridgehead atoms. The largest absolute Gasteiger partial charge is 0.493 e. The number of carbonyl (C=O) groups excluding carboxylic acids is 1. The predicted molar refractivity (Wildman–Crippen MR) is 98.5 cm³/mol. The number of nitrogens with zero attached hydrogens (tertiary/aromatic N) is 1. The number of alkyl halides is 3. The summed E-state index contributed by atoms with van der Waals surface area (Å²) < 4.78 is 50.7. The lowest BCUT2D eigenvalue weighted by molar-refractivity contribution is -0.138. The molecular formula is C21H22F3NO3. The van der Waals surface area contributed by atoms with Gasteiger partial charge in [0.2, 0.25) is 0 Å². The van der Waals surface area contributed by atoms with Crippen LogP contribution in [-0.2, 0) is 12.7 Å². The number of benzene rings is 2. The Kier molecular flexibility index (Phi) is 5.82. The first-order valence-electron chi connectivity index (χ1n) is 9.12. The summed E-state index contributed by atoms with van der Waals surface area (Å²) in [5.41, 5.74) is -0.262. The molecule has 1 fully saturated rings. The van der Waals surface area contributed by atoms with Gasteiger partial charge in [0.15, 0.2) is 11.5 Å². The molecule has 0 heterocycles. The van der Waals surface area contributed by atoms with Crippen LogP contribution in [0.2, 0.25) is 0 Å². The van der Waals surface area contributed by atoms with E-state index in [0.29, 0.717) is 23.7 Å². The van der Waals surface area contributed by atoms with Crippen LogP contribution in [0.25, 0.3) is 0 Å². The van der Waals surface area contributed by atoms with Gasteiger partial charge in [-0.1, -0.05) is 18.2 Å². The monoisotopic (exact) mass is 393 g/mol. The van der Waals surface area contributed by atoms with Crippen LogP contribution in [0.15, 0.2) is 42.5 Å².